The standard InChI is InChI=1S/C26H33NO3S/c1-30-26-10-7-21(19-5-8-23(9-6-19)31(2,28)29)17-24(26)20-11-13-27(14-12-20)25-16-18-3-4-22(25)15-18/h5-10,17-18,20,22,25H,3-4,11-16H2,1-2H3/t18-,22?,25-/m0/s1. The van der Waals surface area contributed by atoms with E-state index in [1.165, 1.54) is 63.4 Å². The third-order valence-electron chi connectivity index (χ3n) is 7.98. The van der Waals surface area contributed by atoms with Crippen molar-refractivity contribution in [2.45, 2.75) is 55.4 Å². The van der Waals surface area contributed by atoms with Crippen LogP contribution >= 0.6 is 0 Å². The normalized spacial score (nSPS) is 27.0. The van der Waals surface area contributed by atoms with Crippen LogP contribution in [-0.4, -0.2) is 45.8 Å². The first kappa shape index (κ1) is 21.0. The average molecular weight is 440 g/mol. The van der Waals surface area contributed by atoms with Crippen molar-refractivity contribution in [3.63, 3.8) is 0 Å². The van der Waals surface area contributed by atoms with Gasteiger partial charge in [-0.25, -0.2) is 8.42 Å². The van der Waals surface area contributed by atoms with Crippen LogP contribution in [0.5, 0.6) is 5.75 Å². The van der Waals surface area contributed by atoms with E-state index in [2.05, 4.69) is 23.1 Å². The number of nitrogens with zero attached hydrogens (tertiary/aromatic N) is 1. The smallest absolute Gasteiger partial charge is 0.175 e. The fourth-order valence-corrected chi connectivity index (χ4v) is 6.96. The Morgan fingerprint density at radius 3 is 2.19 bits per heavy atom. The van der Waals surface area contributed by atoms with Crippen LogP contribution < -0.4 is 4.74 Å². The lowest BCUT2D eigenvalue weighted by molar-refractivity contribution is 0.110. The van der Waals surface area contributed by atoms with Gasteiger partial charge < -0.3 is 9.64 Å². The Kier molecular flexibility index (Phi) is 5.59. The third kappa shape index (κ3) is 4.14. The average Bonchev–Trinajstić information content (AvgIpc) is 3.42. The molecule has 2 saturated carbocycles. The van der Waals surface area contributed by atoms with Crippen LogP contribution in [0.1, 0.15) is 50.0 Å². The van der Waals surface area contributed by atoms with Gasteiger partial charge in [0.25, 0.3) is 0 Å². The van der Waals surface area contributed by atoms with E-state index in [4.69, 9.17) is 4.74 Å². The van der Waals surface area contributed by atoms with Crippen LogP contribution in [0.25, 0.3) is 11.1 Å². The van der Waals surface area contributed by atoms with E-state index in [0.717, 1.165) is 34.8 Å². The van der Waals surface area contributed by atoms with E-state index >= 15 is 0 Å². The SMILES string of the molecule is COc1ccc(-c2ccc(S(C)(=O)=O)cc2)cc1C1CCN([C@H]2C[C@H]3CCC2C3)CC1. The summed E-state index contributed by atoms with van der Waals surface area (Å²) in [6, 6.07) is 14.4. The molecular formula is C26H33NO3S. The topological polar surface area (TPSA) is 46.6 Å². The van der Waals surface area contributed by atoms with Crippen molar-refractivity contribution in [1.29, 1.82) is 0 Å². The van der Waals surface area contributed by atoms with Crippen molar-refractivity contribution >= 4 is 9.84 Å². The summed E-state index contributed by atoms with van der Waals surface area (Å²) in [7, 11) is -1.42. The van der Waals surface area contributed by atoms with Crippen LogP contribution in [0.3, 0.4) is 0 Å². The van der Waals surface area contributed by atoms with Gasteiger partial charge in [-0.05, 0) is 104 Å². The molecule has 5 rings (SSSR count). The van der Waals surface area contributed by atoms with E-state index in [9.17, 15) is 8.42 Å². The molecule has 2 bridgehead atoms. The number of benzene rings is 2. The molecule has 5 heteroatoms. The van der Waals surface area contributed by atoms with Gasteiger partial charge in [0.05, 0.1) is 12.0 Å². The second-order valence-electron chi connectivity index (χ2n) is 9.81. The second-order valence-corrected chi connectivity index (χ2v) is 11.8. The molecule has 4 nitrogen and oxygen atoms in total. The number of rotatable bonds is 5. The maximum Gasteiger partial charge on any atom is 0.175 e. The highest BCUT2D eigenvalue weighted by Crippen LogP contribution is 2.48. The first-order valence-corrected chi connectivity index (χ1v) is 13.5. The molecule has 31 heavy (non-hydrogen) atoms. The maximum atomic E-state index is 11.8. The summed E-state index contributed by atoms with van der Waals surface area (Å²) in [6.07, 6.45) is 9.42. The fraction of sp³-hybridized carbons (Fsp3) is 0.538. The molecule has 166 valence electrons. The van der Waals surface area contributed by atoms with Gasteiger partial charge in [-0.2, -0.15) is 0 Å². The quantitative estimate of drug-likeness (QED) is 0.648. The van der Waals surface area contributed by atoms with Gasteiger partial charge in [-0.3, -0.25) is 0 Å². The summed E-state index contributed by atoms with van der Waals surface area (Å²) in [5.41, 5.74) is 3.45. The molecule has 1 unspecified atom stereocenters. The number of sulfone groups is 1. The first-order valence-electron chi connectivity index (χ1n) is 11.6. The predicted octanol–water partition coefficient (Wildman–Crippen LogP) is 5.13. The highest BCUT2D eigenvalue weighted by atomic mass is 32.2. The molecule has 3 fully saturated rings. The minimum absolute atomic E-state index is 0.359. The monoisotopic (exact) mass is 439 g/mol. The lowest BCUT2D eigenvalue weighted by atomic mass is 9.85. The van der Waals surface area contributed by atoms with Crippen LogP contribution in [0.4, 0.5) is 0 Å². The van der Waals surface area contributed by atoms with E-state index < -0.39 is 9.84 Å². The first-order chi connectivity index (χ1) is 14.9. The van der Waals surface area contributed by atoms with Crippen molar-refractivity contribution in [3.05, 3.63) is 48.0 Å². The van der Waals surface area contributed by atoms with E-state index in [1.54, 1.807) is 19.2 Å². The zero-order valence-electron chi connectivity index (χ0n) is 18.6. The minimum Gasteiger partial charge on any atom is -0.496 e. The summed E-state index contributed by atoms with van der Waals surface area (Å²) in [4.78, 5) is 3.14. The van der Waals surface area contributed by atoms with Crippen molar-refractivity contribution in [2.75, 3.05) is 26.5 Å². The molecule has 3 atom stereocenters. The summed E-state index contributed by atoms with van der Waals surface area (Å²) >= 11 is 0. The minimum atomic E-state index is -3.18. The van der Waals surface area contributed by atoms with Gasteiger partial charge in [0.2, 0.25) is 0 Å². The Morgan fingerprint density at radius 2 is 1.61 bits per heavy atom. The van der Waals surface area contributed by atoms with Crippen molar-refractivity contribution in [2.24, 2.45) is 11.8 Å². The van der Waals surface area contributed by atoms with Gasteiger partial charge >= 0.3 is 0 Å². The summed E-state index contributed by atoms with van der Waals surface area (Å²) < 4.78 is 29.3. The van der Waals surface area contributed by atoms with Crippen LogP contribution in [-0.2, 0) is 9.84 Å². The number of fused-ring (bicyclic) bond motifs is 2. The summed E-state index contributed by atoms with van der Waals surface area (Å²) in [6.45, 7) is 2.38. The van der Waals surface area contributed by atoms with Gasteiger partial charge in [0, 0.05) is 12.3 Å². The molecule has 3 aliphatic rings. The van der Waals surface area contributed by atoms with Gasteiger partial charge in [-0.15, -0.1) is 0 Å². The third-order valence-corrected chi connectivity index (χ3v) is 9.11. The number of methoxy groups -OCH3 is 1. The second kappa shape index (κ2) is 8.25. The van der Waals surface area contributed by atoms with E-state index in [-0.39, 0.29) is 0 Å². The summed E-state index contributed by atoms with van der Waals surface area (Å²) in [5, 5.41) is 0. The Hall–Kier alpha value is -1.85. The Morgan fingerprint density at radius 1 is 0.903 bits per heavy atom. The zero-order valence-corrected chi connectivity index (χ0v) is 19.4. The maximum absolute atomic E-state index is 11.8. The number of piperidine rings is 1. The number of hydrogen-bond donors (Lipinski definition) is 0. The molecule has 1 aliphatic heterocycles. The molecule has 0 aromatic heterocycles. The van der Waals surface area contributed by atoms with Crippen molar-refractivity contribution in [1.82, 2.24) is 4.90 Å². The molecule has 0 amide bonds. The molecule has 2 aliphatic carbocycles. The zero-order chi connectivity index (χ0) is 21.6. The van der Waals surface area contributed by atoms with Gasteiger partial charge in [0.15, 0.2) is 9.84 Å². The molecule has 0 radical (unpaired) electrons. The van der Waals surface area contributed by atoms with Crippen LogP contribution in [0, 0.1) is 11.8 Å². The highest BCUT2D eigenvalue weighted by molar-refractivity contribution is 7.90. The summed E-state index contributed by atoms with van der Waals surface area (Å²) in [5.74, 6) is 3.43. The molecule has 2 aromatic rings. The molecule has 1 saturated heterocycles. The van der Waals surface area contributed by atoms with Gasteiger partial charge in [-0.1, -0.05) is 24.6 Å². The fourth-order valence-electron chi connectivity index (χ4n) is 6.33. The number of hydrogen-bond acceptors (Lipinski definition) is 4. The molecule has 1 heterocycles. The van der Waals surface area contributed by atoms with E-state index in [0.29, 0.717) is 10.8 Å². The highest BCUT2D eigenvalue weighted by Gasteiger charge is 2.43. The van der Waals surface area contributed by atoms with E-state index in [1.807, 2.05) is 12.1 Å². The number of likely N-dealkylation sites (tertiary alicyclic amines) is 1. The van der Waals surface area contributed by atoms with Crippen molar-refractivity contribution < 1.29 is 13.2 Å². The van der Waals surface area contributed by atoms with Gasteiger partial charge in [0.1, 0.15) is 5.75 Å². The van der Waals surface area contributed by atoms with Crippen LogP contribution in [0.15, 0.2) is 47.4 Å². The molecule has 0 spiro atoms. The Bertz CT molecular complexity index is 1040. The Labute approximate surface area is 186 Å². The van der Waals surface area contributed by atoms with Crippen LogP contribution in [0.2, 0.25) is 0 Å². The van der Waals surface area contributed by atoms with Crippen molar-refractivity contribution in [3.8, 4) is 16.9 Å². The molecular weight excluding hydrogens is 406 g/mol. The molecule has 2 aromatic carbocycles. The largest absolute Gasteiger partial charge is 0.496 e. The predicted molar refractivity (Wildman–Crippen MR) is 124 cm³/mol. The lowest BCUT2D eigenvalue weighted by Gasteiger charge is -2.40. The lowest BCUT2D eigenvalue weighted by Crippen LogP contribution is -2.43. The Balaban J connectivity index is 1.33. The number of ether oxygens (including phenoxy) is 1. The molecule has 0 N–H and O–H groups in total.